The van der Waals surface area contributed by atoms with Crippen molar-refractivity contribution in [2.24, 2.45) is 0 Å². The highest BCUT2D eigenvalue weighted by Gasteiger charge is 2.32. The largest absolute Gasteiger partial charge is 0.508 e. The summed E-state index contributed by atoms with van der Waals surface area (Å²) >= 11 is 0. The molecule has 2 aliphatic heterocycles. The first-order chi connectivity index (χ1) is 13.5. The number of rotatable bonds is 6. The highest BCUT2D eigenvalue weighted by molar-refractivity contribution is 5.94. The summed E-state index contributed by atoms with van der Waals surface area (Å²) < 4.78 is 5.22. The van der Waals surface area contributed by atoms with Crippen LogP contribution in [-0.4, -0.2) is 67.4 Å². The monoisotopic (exact) mass is 388 g/mol. The molecule has 2 amide bonds. The topological polar surface area (TPSA) is 94.1 Å². The van der Waals surface area contributed by atoms with Gasteiger partial charge in [0.1, 0.15) is 5.75 Å². The molecule has 152 valence electrons. The normalized spacial score (nSPS) is 20.6. The molecule has 0 saturated carbocycles. The maximum Gasteiger partial charge on any atom is 0.337 e. The maximum absolute atomic E-state index is 12.5. The number of nitrogens with zero attached hydrogens (tertiary/aromatic N) is 2. The molecular weight excluding hydrogens is 360 g/mol. The van der Waals surface area contributed by atoms with E-state index in [1.54, 1.807) is 19.1 Å². The van der Waals surface area contributed by atoms with Gasteiger partial charge in [-0.3, -0.25) is 4.90 Å². The van der Waals surface area contributed by atoms with Crippen molar-refractivity contribution in [1.29, 1.82) is 0 Å². The number of urea groups is 1. The Hall–Kier alpha value is -2.74. The summed E-state index contributed by atoms with van der Waals surface area (Å²) in [4.78, 5) is 29.0. The number of nitrogens with one attached hydrogen (secondary N) is 2. The van der Waals surface area contributed by atoms with Crippen LogP contribution in [0.1, 0.15) is 20.3 Å². The molecule has 1 saturated heterocycles. The number of phenols is 1. The second kappa shape index (κ2) is 8.97. The quantitative estimate of drug-likeness (QED) is 0.638. The Morgan fingerprint density at radius 2 is 1.86 bits per heavy atom. The molecule has 1 atom stereocenters. The molecule has 0 spiro atoms. The zero-order valence-corrected chi connectivity index (χ0v) is 16.4. The number of benzene rings is 1. The number of phenolic OH excluding ortho intramolecular Hbond substituents is 1. The molecule has 3 rings (SSSR count). The smallest absolute Gasteiger partial charge is 0.337 e. The first-order valence-corrected chi connectivity index (χ1v) is 9.75. The molecule has 2 heterocycles. The average molecular weight is 388 g/mol. The summed E-state index contributed by atoms with van der Waals surface area (Å²) in [5.41, 5.74) is 2.22. The summed E-state index contributed by atoms with van der Waals surface area (Å²) in [6, 6.07) is 6.58. The van der Waals surface area contributed by atoms with E-state index in [0.29, 0.717) is 30.8 Å². The fourth-order valence-corrected chi connectivity index (χ4v) is 3.64. The van der Waals surface area contributed by atoms with Crippen molar-refractivity contribution in [3.63, 3.8) is 0 Å². The number of piperazine rings is 1. The summed E-state index contributed by atoms with van der Waals surface area (Å²) in [5.74, 6) is -0.118. The number of hydrogen-bond acceptors (Lipinski definition) is 6. The van der Waals surface area contributed by atoms with E-state index >= 15 is 0 Å². The standard InChI is InChI=1S/C20H28N4O4/c1-3-16-18(19(26)28-4-2)17(22-20(27)21-16)13-23-9-11-24(12-10-23)14-5-7-15(25)8-6-14/h5-8,16,25H,3-4,9-13H2,1-2H3,(H2,21,22,27)/t16-/m1/s1. The third-order valence-electron chi connectivity index (χ3n) is 5.12. The molecule has 0 radical (unpaired) electrons. The van der Waals surface area contributed by atoms with Crippen LogP contribution < -0.4 is 15.5 Å². The summed E-state index contributed by atoms with van der Waals surface area (Å²) in [5, 5.41) is 15.1. The summed E-state index contributed by atoms with van der Waals surface area (Å²) in [7, 11) is 0. The summed E-state index contributed by atoms with van der Waals surface area (Å²) in [6.07, 6.45) is 0.625. The van der Waals surface area contributed by atoms with E-state index < -0.39 is 0 Å². The summed E-state index contributed by atoms with van der Waals surface area (Å²) in [6.45, 7) is 7.78. The van der Waals surface area contributed by atoms with Crippen LogP contribution in [0.5, 0.6) is 5.75 Å². The second-order valence-corrected chi connectivity index (χ2v) is 6.95. The Labute approximate surface area is 165 Å². The maximum atomic E-state index is 12.5. The van der Waals surface area contributed by atoms with Gasteiger partial charge in [-0.25, -0.2) is 9.59 Å². The number of anilines is 1. The van der Waals surface area contributed by atoms with Crippen molar-refractivity contribution >= 4 is 17.7 Å². The van der Waals surface area contributed by atoms with E-state index in [-0.39, 0.29) is 23.8 Å². The van der Waals surface area contributed by atoms with Crippen LogP contribution in [0.2, 0.25) is 0 Å². The molecule has 3 N–H and O–H groups in total. The minimum atomic E-state index is -0.375. The lowest BCUT2D eigenvalue weighted by atomic mass is 10.00. The molecule has 28 heavy (non-hydrogen) atoms. The zero-order chi connectivity index (χ0) is 20.1. The van der Waals surface area contributed by atoms with Gasteiger partial charge < -0.3 is 25.4 Å². The number of carbonyl (C=O) groups is 2. The van der Waals surface area contributed by atoms with Gasteiger partial charge in [-0.05, 0) is 37.6 Å². The van der Waals surface area contributed by atoms with Gasteiger partial charge in [0.25, 0.3) is 0 Å². The third kappa shape index (κ3) is 4.56. The van der Waals surface area contributed by atoms with Gasteiger partial charge in [-0.2, -0.15) is 0 Å². The fraction of sp³-hybridized carbons (Fsp3) is 0.500. The Balaban J connectivity index is 1.69. The predicted octanol–water partition coefficient (Wildman–Crippen LogP) is 1.42. The van der Waals surface area contributed by atoms with Gasteiger partial charge in [-0.1, -0.05) is 6.92 Å². The van der Waals surface area contributed by atoms with Crippen LogP contribution in [-0.2, 0) is 9.53 Å². The minimum Gasteiger partial charge on any atom is -0.508 e. The first kappa shape index (κ1) is 20.0. The van der Waals surface area contributed by atoms with Crippen molar-refractivity contribution < 1.29 is 19.4 Å². The minimum absolute atomic E-state index is 0.257. The number of esters is 1. The third-order valence-corrected chi connectivity index (χ3v) is 5.12. The number of aromatic hydroxyl groups is 1. The SMILES string of the molecule is CCOC(=O)C1=C(CN2CCN(c3ccc(O)cc3)CC2)NC(=O)N[C@@H]1CC. The number of hydrogen-bond donors (Lipinski definition) is 3. The Kier molecular flexibility index (Phi) is 6.41. The van der Waals surface area contributed by atoms with Gasteiger partial charge in [-0.15, -0.1) is 0 Å². The molecule has 1 aromatic rings. The van der Waals surface area contributed by atoms with Gasteiger partial charge in [0.15, 0.2) is 0 Å². The number of carbonyl (C=O) groups excluding carboxylic acids is 2. The molecule has 8 heteroatoms. The number of amides is 2. The van der Waals surface area contributed by atoms with E-state index in [1.807, 2.05) is 19.1 Å². The van der Waals surface area contributed by atoms with E-state index in [1.165, 1.54) is 0 Å². The molecule has 1 aromatic carbocycles. The van der Waals surface area contributed by atoms with Crippen LogP contribution >= 0.6 is 0 Å². The van der Waals surface area contributed by atoms with Crippen LogP contribution in [0, 0.1) is 0 Å². The molecule has 0 aliphatic carbocycles. The van der Waals surface area contributed by atoms with E-state index in [2.05, 4.69) is 20.4 Å². The average Bonchev–Trinajstić information content (AvgIpc) is 2.69. The van der Waals surface area contributed by atoms with Crippen LogP contribution in [0.3, 0.4) is 0 Å². The second-order valence-electron chi connectivity index (χ2n) is 6.95. The lowest BCUT2D eigenvalue weighted by Gasteiger charge is -2.37. The van der Waals surface area contributed by atoms with Crippen LogP contribution in [0.25, 0.3) is 0 Å². The van der Waals surface area contributed by atoms with Crippen LogP contribution in [0.4, 0.5) is 10.5 Å². The van der Waals surface area contributed by atoms with Gasteiger partial charge >= 0.3 is 12.0 Å². The first-order valence-electron chi connectivity index (χ1n) is 9.75. The fourth-order valence-electron chi connectivity index (χ4n) is 3.64. The van der Waals surface area contributed by atoms with Crippen molar-refractivity contribution in [2.75, 3.05) is 44.2 Å². The molecule has 0 bridgehead atoms. The molecule has 0 aromatic heterocycles. The molecule has 8 nitrogen and oxygen atoms in total. The Morgan fingerprint density at radius 3 is 2.46 bits per heavy atom. The Bertz CT molecular complexity index is 739. The van der Waals surface area contributed by atoms with E-state index in [0.717, 1.165) is 31.9 Å². The lowest BCUT2D eigenvalue weighted by Crippen LogP contribution is -2.54. The van der Waals surface area contributed by atoms with Crippen molar-refractivity contribution in [3.8, 4) is 5.75 Å². The zero-order valence-electron chi connectivity index (χ0n) is 16.4. The highest BCUT2D eigenvalue weighted by Crippen LogP contribution is 2.21. The molecule has 2 aliphatic rings. The Morgan fingerprint density at radius 1 is 1.18 bits per heavy atom. The predicted molar refractivity (Wildman–Crippen MR) is 106 cm³/mol. The molecule has 1 fully saturated rings. The number of ether oxygens (including phenoxy) is 1. The van der Waals surface area contributed by atoms with Crippen molar-refractivity contribution in [1.82, 2.24) is 15.5 Å². The van der Waals surface area contributed by atoms with Gasteiger partial charge in [0.2, 0.25) is 0 Å². The van der Waals surface area contributed by atoms with E-state index in [4.69, 9.17) is 4.74 Å². The molecular formula is C20H28N4O4. The molecule has 0 unspecified atom stereocenters. The lowest BCUT2D eigenvalue weighted by molar-refractivity contribution is -0.139. The van der Waals surface area contributed by atoms with Crippen molar-refractivity contribution in [3.05, 3.63) is 35.5 Å². The van der Waals surface area contributed by atoms with E-state index in [9.17, 15) is 14.7 Å². The van der Waals surface area contributed by atoms with Gasteiger partial charge in [0, 0.05) is 44.1 Å². The highest BCUT2D eigenvalue weighted by atomic mass is 16.5. The van der Waals surface area contributed by atoms with Crippen molar-refractivity contribution in [2.45, 2.75) is 26.3 Å². The van der Waals surface area contributed by atoms with Gasteiger partial charge in [0.05, 0.1) is 18.2 Å². The van der Waals surface area contributed by atoms with Crippen LogP contribution in [0.15, 0.2) is 35.5 Å².